The average Bonchev–Trinajstić information content (AvgIpc) is 2.86. The van der Waals surface area contributed by atoms with Crippen LogP contribution >= 0.6 is 0 Å². The number of hydrogen-bond donors (Lipinski definition) is 1. The molecule has 0 aliphatic rings. The van der Waals surface area contributed by atoms with Crippen LogP contribution < -0.4 is 5.32 Å². The first-order valence-corrected chi connectivity index (χ1v) is 6.25. The molecule has 0 radical (unpaired) electrons. The minimum Gasteiger partial charge on any atom is -0.373 e. The van der Waals surface area contributed by atoms with Crippen molar-refractivity contribution < 1.29 is 13.2 Å². The fourth-order valence-corrected chi connectivity index (χ4v) is 1.89. The molecular weight excluding hydrogens is 269 g/mol. The van der Waals surface area contributed by atoms with Gasteiger partial charge in [-0.2, -0.15) is 18.3 Å². The Labute approximate surface area is 114 Å². The van der Waals surface area contributed by atoms with Gasteiger partial charge in [-0.1, -0.05) is 6.92 Å². The zero-order valence-corrected chi connectivity index (χ0v) is 11.2. The van der Waals surface area contributed by atoms with Crippen molar-refractivity contribution in [3.8, 4) is 11.4 Å². The van der Waals surface area contributed by atoms with E-state index in [1.54, 1.807) is 16.9 Å². The van der Waals surface area contributed by atoms with Crippen molar-refractivity contribution in [2.75, 3.05) is 12.4 Å². The van der Waals surface area contributed by atoms with Gasteiger partial charge in [-0.25, -0.2) is 4.98 Å². The summed E-state index contributed by atoms with van der Waals surface area (Å²) in [4.78, 5) is 4.18. The number of aromatic nitrogens is 3. The lowest BCUT2D eigenvalue weighted by Gasteiger charge is -2.12. The fourth-order valence-electron chi connectivity index (χ4n) is 1.89. The van der Waals surface area contributed by atoms with Crippen LogP contribution in [0.4, 0.5) is 19.0 Å². The zero-order valence-electron chi connectivity index (χ0n) is 11.2. The Balaban J connectivity index is 2.53. The van der Waals surface area contributed by atoms with Crippen molar-refractivity contribution in [2.45, 2.75) is 26.1 Å². The van der Waals surface area contributed by atoms with E-state index in [0.717, 1.165) is 18.6 Å². The molecule has 2 heterocycles. The molecule has 1 N–H and O–H groups in total. The van der Waals surface area contributed by atoms with Gasteiger partial charge >= 0.3 is 6.18 Å². The molecule has 2 rings (SSSR count). The third-order valence-electron chi connectivity index (χ3n) is 2.82. The lowest BCUT2D eigenvalue weighted by Crippen LogP contribution is -2.09. The van der Waals surface area contributed by atoms with Crippen LogP contribution in [-0.2, 0) is 12.7 Å². The van der Waals surface area contributed by atoms with Gasteiger partial charge in [-0.15, -0.1) is 0 Å². The summed E-state index contributed by atoms with van der Waals surface area (Å²) in [6.45, 7) is 2.61. The molecule has 0 aliphatic carbocycles. The van der Waals surface area contributed by atoms with E-state index >= 15 is 0 Å². The van der Waals surface area contributed by atoms with Crippen molar-refractivity contribution >= 4 is 5.82 Å². The molecule has 0 spiro atoms. The number of aryl methyl sites for hydroxylation is 1. The minimum atomic E-state index is -4.40. The molecule has 0 aromatic carbocycles. The summed E-state index contributed by atoms with van der Waals surface area (Å²) >= 11 is 0. The van der Waals surface area contributed by atoms with Crippen LogP contribution in [0.15, 0.2) is 24.4 Å². The lowest BCUT2D eigenvalue weighted by atomic mass is 10.1. The second-order valence-electron chi connectivity index (χ2n) is 4.31. The van der Waals surface area contributed by atoms with Crippen LogP contribution in [0.3, 0.4) is 0 Å². The van der Waals surface area contributed by atoms with Crippen molar-refractivity contribution in [2.24, 2.45) is 0 Å². The normalized spacial score (nSPS) is 11.7. The predicted octanol–water partition coefficient (Wildman–Crippen LogP) is 3.42. The van der Waals surface area contributed by atoms with E-state index in [2.05, 4.69) is 15.4 Å². The van der Waals surface area contributed by atoms with Gasteiger partial charge in [0.1, 0.15) is 5.82 Å². The van der Waals surface area contributed by atoms with E-state index in [0.29, 0.717) is 12.2 Å². The maximum Gasteiger partial charge on any atom is 0.416 e. The molecular formula is C13H15F3N4. The third-order valence-corrected chi connectivity index (χ3v) is 2.82. The Morgan fingerprint density at radius 1 is 1.30 bits per heavy atom. The molecule has 0 bridgehead atoms. The summed E-state index contributed by atoms with van der Waals surface area (Å²) in [5.74, 6) is 0.180. The van der Waals surface area contributed by atoms with Gasteiger partial charge in [0, 0.05) is 19.8 Å². The highest BCUT2D eigenvalue weighted by Gasteiger charge is 2.32. The molecule has 0 saturated heterocycles. The second-order valence-corrected chi connectivity index (χ2v) is 4.31. The highest BCUT2D eigenvalue weighted by atomic mass is 19.4. The summed E-state index contributed by atoms with van der Waals surface area (Å²) < 4.78 is 40.3. The predicted molar refractivity (Wildman–Crippen MR) is 70.3 cm³/mol. The highest BCUT2D eigenvalue weighted by molar-refractivity contribution is 5.59. The first-order chi connectivity index (χ1) is 9.45. The van der Waals surface area contributed by atoms with Crippen LogP contribution in [-0.4, -0.2) is 21.8 Å². The Morgan fingerprint density at radius 2 is 2.05 bits per heavy atom. The molecule has 2 aromatic heterocycles. The second kappa shape index (κ2) is 5.52. The molecule has 4 nitrogen and oxygen atoms in total. The van der Waals surface area contributed by atoms with Gasteiger partial charge in [-0.05, 0) is 24.6 Å². The first kappa shape index (κ1) is 14.4. The van der Waals surface area contributed by atoms with Crippen LogP contribution in [0.1, 0.15) is 18.9 Å². The highest BCUT2D eigenvalue weighted by Crippen LogP contribution is 2.33. The summed E-state index contributed by atoms with van der Waals surface area (Å²) in [7, 11) is 1.54. The van der Waals surface area contributed by atoms with Gasteiger partial charge in [0.25, 0.3) is 0 Å². The number of halogens is 3. The molecule has 0 unspecified atom stereocenters. The molecule has 0 atom stereocenters. The summed E-state index contributed by atoms with van der Waals surface area (Å²) in [5.41, 5.74) is 0.112. The van der Waals surface area contributed by atoms with Gasteiger partial charge in [0.05, 0.1) is 17.0 Å². The van der Waals surface area contributed by atoms with Gasteiger partial charge in [-0.3, -0.25) is 4.68 Å². The molecule has 0 amide bonds. The lowest BCUT2D eigenvalue weighted by molar-refractivity contribution is -0.137. The van der Waals surface area contributed by atoms with Crippen LogP contribution in [0.5, 0.6) is 0 Å². The molecule has 0 aliphatic heterocycles. The van der Waals surface area contributed by atoms with Crippen molar-refractivity contribution in [3.63, 3.8) is 0 Å². The number of alkyl halides is 3. The quantitative estimate of drug-likeness (QED) is 0.935. The number of anilines is 1. The van der Waals surface area contributed by atoms with E-state index < -0.39 is 11.7 Å². The van der Waals surface area contributed by atoms with Crippen molar-refractivity contribution in [1.82, 2.24) is 14.8 Å². The van der Waals surface area contributed by atoms with E-state index in [9.17, 15) is 13.2 Å². The molecule has 20 heavy (non-hydrogen) atoms. The number of nitrogens with zero attached hydrogens (tertiary/aromatic N) is 3. The average molecular weight is 284 g/mol. The van der Waals surface area contributed by atoms with Gasteiger partial charge in [0.15, 0.2) is 0 Å². The summed E-state index contributed by atoms with van der Waals surface area (Å²) in [6, 6.07) is 3.70. The number of nitrogens with one attached hydrogen (secondary N) is 1. The Hall–Kier alpha value is -2.05. The monoisotopic (exact) mass is 284 g/mol. The first-order valence-electron chi connectivity index (χ1n) is 6.25. The topological polar surface area (TPSA) is 42.7 Å². The largest absolute Gasteiger partial charge is 0.416 e. The molecule has 0 fully saturated rings. The zero-order chi connectivity index (χ0) is 14.8. The molecule has 2 aromatic rings. The SMILES string of the molecule is CCCn1nccc1-c1cc(C(F)(F)F)cc(NC)n1. The molecule has 108 valence electrons. The Bertz CT molecular complexity index is 590. The van der Waals surface area contributed by atoms with E-state index in [4.69, 9.17) is 0 Å². The fraction of sp³-hybridized carbons (Fsp3) is 0.385. The van der Waals surface area contributed by atoms with Crippen LogP contribution in [0.2, 0.25) is 0 Å². The molecule has 0 saturated carbocycles. The minimum absolute atomic E-state index is 0.180. The van der Waals surface area contributed by atoms with Crippen LogP contribution in [0.25, 0.3) is 11.4 Å². The van der Waals surface area contributed by atoms with Gasteiger partial charge in [0.2, 0.25) is 0 Å². The van der Waals surface area contributed by atoms with Crippen molar-refractivity contribution in [1.29, 1.82) is 0 Å². The van der Waals surface area contributed by atoms with E-state index in [1.165, 1.54) is 7.05 Å². The molecule has 7 heteroatoms. The smallest absolute Gasteiger partial charge is 0.373 e. The summed E-state index contributed by atoms with van der Waals surface area (Å²) in [6.07, 6.45) is -2.00. The Kier molecular flexibility index (Phi) is 3.96. The number of pyridine rings is 1. The van der Waals surface area contributed by atoms with E-state index in [-0.39, 0.29) is 11.5 Å². The number of rotatable bonds is 4. The standard InChI is InChI=1S/C13H15F3N4/c1-3-6-20-11(4-5-18-20)10-7-9(13(14,15)16)8-12(17-2)19-10/h4-5,7-8H,3,6H2,1-2H3,(H,17,19). The van der Waals surface area contributed by atoms with E-state index in [1.807, 2.05) is 6.92 Å². The van der Waals surface area contributed by atoms with Gasteiger partial charge < -0.3 is 5.32 Å². The summed E-state index contributed by atoms with van der Waals surface area (Å²) in [5, 5.41) is 6.76. The third kappa shape index (κ3) is 2.92. The van der Waals surface area contributed by atoms with Crippen molar-refractivity contribution in [3.05, 3.63) is 30.0 Å². The maximum absolute atomic E-state index is 12.9. The Morgan fingerprint density at radius 3 is 2.65 bits per heavy atom. The van der Waals surface area contributed by atoms with Crippen LogP contribution in [0, 0.1) is 0 Å². The maximum atomic E-state index is 12.9. The number of hydrogen-bond acceptors (Lipinski definition) is 3.